The number of benzene rings is 1. The molecule has 1 aliphatic heterocycles. The Labute approximate surface area is 124 Å². The third-order valence-electron chi connectivity index (χ3n) is 3.45. The second-order valence-corrected chi connectivity index (χ2v) is 5.85. The van der Waals surface area contributed by atoms with Crippen LogP contribution in [0, 0.1) is 0 Å². The van der Waals surface area contributed by atoms with Gasteiger partial charge in [-0.25, -0.2) is 0 Å². The molecule has 1 N–H and O–H groups in total. The molecule has 1 aliphatic rings. The number of likely N-dealkylation sites (tertiary alicyclic amines) is 1. The molecule has 0 saturated carbocycles. The normalized spacial score (nSPS) is 15.9. The Balaban J connectivity index is 1.86. The number of nitrogens with one attached hydrogen (secondary N) is 1. The molecular weight excluding hydrogens is 304 g/mol. The average Bonchev–Trinajstić information content (AvgIpc) is 2.91. The van der Waals surface area contributed by atoms with E-state index in [0.717, 1.165) is 36.5 Å². The van der Waals surface area contributed by atoms with Gasteiger partial charge in [-0.1, -0.05) is 22.9 Å². The Kier molecular flexibility index (Phi) is 6.14. The van der Waals surface area contributed by atoms with Crippen LogP contribution in [0.1, 0.15) is 25.3 Å². The van der Waals surface area contributed by atoms with Gasteiger partial charge in [0.25, 0.3) is 0 Å². The lowest BCUT2D eigenvalue weighted by atomic mass is 10.2. The molecule has 19 heavy (non-hydrogen) atoms. The van der Waals surface area contributed by atoms with Crippen LogP contribution in [-0.2, 0) is 6.54 Å². The van der Waals surface area contributed by atoms with Crippen LogP contribution in [0.4, 0.5) is 0 Å². The lowest BCUT2D eigenvalue weighted by Crippen LogP contribution is -2.25. The van der Waals surface area contributed by atoms with Crippen molar-refractivity contribution >= 4 is 15.9 Å². The fraction of sp³-hybridized carbons (Fsp3) is 0.600. The smallest absolute Gasteiger partial charge is 0.123 e. The minimum Gasteiger partial charge on any atom is -0.492 e. The van der Waals surface area contributed by atoms with Gasteiger partial charge in [0.2, 0.25) is 0 Å². The minimum atomic E-state index is 0.779. The largest absolute Gasteiger partial charge is 0.492 e. The maximum Gasteiger partial charge on any atom is 0.123 e. The molecule has 0 atom stereocenters. The third-order valence-corrected chi connectivity index (χ3v) is 3.94. The monoisotopic (exact) mass is 326 g/mol. The maximum absolute atomic E-state index is 5.95. The first-order valence-corrected chi connectivity index (χ1v) is 7.93. The predicted molar refractivity (Wildman–Crippen MR) is 82.7 cm³/mol. The van der Waals surface area contributed by atoms with Gasteiger partial charge in [-0.2, -0.15) is 0 Å². The number of hydrogen-bond acceptors (Lipinski definition) is 3. The average molecular weight is 327 g/mol. The fourth-order valence-electron chi connectivity index (χ4n) is 2.38. The number of hydrogen-bond donors (Lipinski definition) is 1. The molecule has 1 aromatic carbocycles. The van der Waals surface area contributed by atoms with E-state index in [-0.39, 0.29) is 0 Å². The summed E-state index contributed by atoms with van der Waals surface area (Å²) < 4.78 is 7.05. The van der Waals surface area contributed by atoms with Gasteiger partial charge in [0.15, 0.2) is 0 Å². The van der Waals surface area contributed by atoms with Gasteiger partial charge in [-0.05, 0) is 50.7 Å². The molecule has 0 aromatic heterocycles. The summed E-state index contributed by atoms with van der Waals surface area (Å²) in [5.74, 6) is 1.00. The Morgan fingerprint density at radius 2 is 2.11 bits per heavy atom. The summed E-state index contributed by atoms with van der Waals surface area (Å²) in [5, 5.41) is 3.35. The predicted octanol–water partition coefficient (Wildman–Crippen LogP) is 3.03. The first-order chi connectivity index (χ1) is 9.29. The van der Waals surface area contributed by atoms with Crippen molar-refractivity contribution in [3.8, 4) is 5.75 Å². The van der Waals surface area contributed by atoms with Crippen LogP contribution in [0.5, 0.6) is 5.75 Å². The molecule has 0 amide bonds. The van der Waals surface area contributed by atoms with E-state index < -0.39 is 0 Å². The van der Waals surface area contributed by atoms with Crippen molar-refractivity contribution in [2.45, 2.75) is 26.3 Å². The van der Waals surface area contributed by atoms with Crippen molar-refractivity contribution in [1.29, 1.82) is 0 Å². The van der Waals surface area contributed by atoms with Gasteiger partial charge in [0, 0.05) is 23.1 Å². The van der Waals surface area contributed by atoms with E-state index in [1.807, 2.05) is 6.07 Å². The standard InChI is InChI=1S/C15H23BrN2O/c1-2-17-12-13-11-14(16)5-6-15(13)19-10-9-18-7-3-4-8-18/h5-6,11,17H,2-4,7-10,12H2,1H3. The van der Waals surface area contributed by atoms with E-state index in [9.17, 15) is 0 Å². The first kappa shape index (κ1) is 14.8. The van der Waals surface area contributed by atoms with E-state index in [0.29, 0.717) is 0 Å². The molecular formula is C15H23BrN2O. The van der Waals surface area contributed by atoms with Crippen molar-refractivity contribution in [1.82, 2.24) is 10.2 Å². The molecule has 1 saturated heterocycles. The van der Waals surface area contributed by atoms with E-state index >= 15 is 0 Å². The number of ether oxygens (including phenoxy) is 1. The van der Waals surface area contributed by atoms with Crippen LogP contribution >= 0.6 is 15.9 Å². The van der Waals surface area contributed by atoms with Gasteiger partial charge in [0.1, 0.15) is 12.4 Å². The van der Waals surface area contributed by atoms with Crippen molar-refractivity contribution < 1.29 is 4.74 Å². The lowest BCUT2D eigenvalue weighted by Gasteiger charge is -2.17. The second-order valence-electron chi connectivity index (χ2n) is 4.93. The SMILES string of the molecule is CCNCc1cc(Br)ccc1OCCN1CCCC1. The summed E-state index contributed by atoms with van der Waals surface area (Å²) in [5.41, 5.74) is 1.22. The van der Waals surface area contributed by atoms with Gasteiger partial charge >= 0.3 is 0 Å². The summed E-state index contributed by atoms with van der Waals surface area (Å²) >= 11 is 3.52. The Morgan fingerprint density at radius 3 is 2.84 bits per heavy atom. The molecule has 3 nitrogen and oxygen atoms in total. The molecule has 1 aromatic rings. The highest BCUT2D eigenvalue weighted by Gasteiger charge is 2.11. The van der Waals surface area contributed by atoms with E-state index in [2.05, 4.69) is 45.2 Å². The van der Waals surface area contributed by atoms with Gasteiger partial charge < -0.3 is 10.1 Å². The van der Waals surface area contributed by atoms with Crippen LogP contribution in [-0.4, -0.2) is 37.7 Å². The van der Waals surface area contributed by atoms with Crippen LogP contribution in [0.25, 0.3) is 0 Å². The molecule has 106 valence electrons. The zero-order chi connectivity index (χ0) is 13.5. The van der Waals surface area contributed by atoms with Crippen LogP contribution in [0.3, 0.4) is 0 Å². The summed E-state index contributed by atoms with van der Waals surface area (Å²) in [6.07, 6.45) is 2.67. The number of nitrogens with zero attached hydrogens (tertiary/aromatic N) is 1. The molecule has 2 rings (SSSR count). The van der Waals surface area contributed by atoms with Crippen LogP contribution < -0.4 is 10.1 Å². The third kappa shape index (κ3) is 4.79. The van der Waals surface area contributed by atoms with Crippen molar-refractivity contribution in [3.63, 3.8) is 0 Å². The van der Waals surface area contributed by atoms with Crippen molar-refractivity contribution in [2.24, 2.45) is 0 Å². The molecule has 1 fully saturated rings. The first-order valence-electron chi connectivity index (χ1n) is 7.14. The lowest BCUT2D eigenvalue weighted by molar-refractivity contribution is 0.236. The van der Waals surface area contributed by atoms with Crippen LogP contribution in [0.15, 0.2) is 22.7 Å². The molecule has 0 radical (unpaired) electrons. The van der Waals surface area contributed by atoms with Gasteiger partial charge in [-0.15, -0.1) is 0 Å². The second kappa shape index (κ2) is 7.88. The number of halogens is 1. The molecule has 0 bridgehead atoms. The summed E-state index contributed by atoms with van der Waals surface area (Å²) in [6, 6.07) is 6.23. The molecule has 1 heterocycles. The zero-order valence-corrected chi connectivity index (χ0v) is 13.2. The van der Waals surface area contributed by atoms with Gasteiger partial charge in [-0.3, -0.25) is 4.90 Å². The molecule has 0 unspecified atom stereocenters. The quantitative estimate of drug-likeness (QED) is 0.833. The Morgan fingerprint density at radius 1 is 1.32 bits per heavy atom. The molecule has 0 aliphatic carbocycles. The number of rotatable bonds is 7. The maximum atomic E-state index is 5.95. The highest BCUT2D eigenvalue weighted by molar-refractivity contribution is 9.10. The fourth-order valence-corrected chi connectivity index (χ4v) is 2.79. The highest BCUT2D eigenvalue weighted by Crippen LogP contribution is 2.23. The van der Waals surface area contributed by atoms with Gasteiger partial charge in [0.05, 0.1) is 0 Å². The molecule has 4 heteroatoms. The summed E-state index contributed by atoms with van der Waals surface area (Å²) in [4.78, 5) is 2.48. The van der Waals surface area contributed by atoms with E-state index in [1.54, 1.807) is 0 Å². The van der Waals surface area contributed by atoms with Crippen molar-refractivity contribution in [3.05, 3.63) is 28.2 Å². The van der Waals surface area contributed by atoms with E-state index in [1.165, 1.54) is 31.5 Å². The molecule has 0 spiro atoms. The van der Waals surface area contributed by atoms with E-state index in [4.69, 9.17) is 4.74 Å². The Hall–Kier alpha value is -0.580. The van der Waals surface area contributed by atoms with Crippen LogP contribution in [0.2, 0.25) is 0 Å². The summed E-state index contributed by atoms with van der Waals surface area (Å²) in [7, 11) is 0. The summed E-state index contributed by atoms with van der Waals surface area (Å²) in [6.45, 7) is 8.22. The highest BCUT2D eigenvalue weighted by atomic mass is 79.9. The Bertz CT molecular complexity index is 392. The zero-order valence-electron chi connectivity index (χ0n) is 11.6. The topological polar surface area (TPSA) is 24.5 Å². The minimum absolute atomic E-state index is 0.779. The van der Waals surface area contributed by atoms with Crippen molar-refractivity contribution in [2.75, 3.05) is 32.8 Å².